The Hall–Kier alpha value is -3.62. The molecule has 2 aliphatic heterocycles. The van der Waals surface area contributed by atoms with E-state index in [1.807, 2.05) is 13.8 Å². The average molecular weight is 449 g/mol. The highest BCUT2D eigenvalue weighted by atomic mass is 19.1. The van der Waals surface area contributed by atoms with Crippen LogP contribution in [-0.2, 0) is 17.8 Å². The summed E-state index contributed by atoms with van der Waals surface area (Å²) in [6.07, 6.45) is 3.27. The third-order valence-corrected chi connectivity index (χ3v) is 6.49. The van der Waals surface area contributed by atoms with Gasteiger partial charge in [0.25, 0.3) is 5.91 Å². The van der Waals surface area contributed by atoms with Crippen LogP contribution in [0.5, 0.6) is 0 Å². The second-order valence-electron chi connectivity index (χ2n) is 8.72. The lowest BCUT2D eigenvalue weighted by Gasteiger charge is -2.30. The SMILES string of the molecule is Cc1nc(C2CCN(C(=O)c3cn[nH]c3C)C2)nc2c1CCC(=O)N2Cc1cccc(F)c1. The van der Waals surface area contributed by atoms with Crippen LogP contribution < -0.4 is 4.90 Å². The Bertz CT molecular complexity index is 1240. The summed E-state index contributed by atoms with van der Waals surface area (Å²) in [6.45, 7) is 5.15. The molecule has 2 aliphatic rings. The molecule has 8 nitrogen and oxygen atoms in total. The Morgan fingerprint density at radius 1 is 1.24 bits per heavy atom. The van der Waals surface area contributed by atoms with E-state index in [0.29, 0.717) is 48.7 Å². The third-order valence-electron chi connectivity index (χ3n) is 6.49. The van der Waals surface area contributed by atoms with Crippen LogP contribution in [0.1, 0.15) is 57.5 Å². The molecule has 1 aromatic carbocycles. The van der Waals surface area contributed by atoms with Crippen molar-refractivity contribution >= 4 is 17.6 Å². The normalized spacial score (nSPS) is 18.0. The maximum atomic E-state index is 13.7. The number of aryl methyl sites for hydroxylation is 2. The number of carbonyl (C=O) groups is 2. The number of H-pyrrole nitrogens is 1. The molecule has 1 saturated heterocycles. The first kappa shape index (κ1) is 21.2. The quantitative estimate of drug-likeness (QED) is 0.662. The summed E-state index contributed by atoms with van der Waals surface area (Å²) in [7, 11) is 0. The first-order valence-corrected chi connectivity index (χ1v) is 11.1. The molecule has 1 atom stereocenters. The number of aromatic amines is 1. The highest BCUT2D eigenvalue weighted by Crippen LogP contribution is 2.33. The van der Waals surface area contributed by atoms with Gasteiger partial charge in [-0.1, -0.05) is 12.1 Å². The fourth-order valence-corrected chi connectivity index (χ4v) is 4.66. The van der Waals surface area contributed by atoms with E-state index < -0.39 is 0 Å². The van der Waals surface area contributed by atoms with Gasteiger partial charge in [-0.05, 0) is 44.4 Å². The molecule has 0 radical (unpaired) electrons. The summed E-state index contributed by atoms with van der Waals surface area (Å²) in [4.78, 5) is 38.7. The smallest absolute Gasteiger partial charge is 0.257 e. The van der Waals surface area contributed by atoms with Crippen molar-refractivity contribution in [1.29, 1.82) is 0 Å². The molecule has 1 unspecified atom stereocenters. The summed E-state index contributed by atoms with van der Waals surface area (Å²) in [5, 5.41) is 6.76. The van der Waals surface area contributed by atoms with Gasteiger partial charge >= 0.3 is 0 Å². The number of nitrogens with zero attached hydrogens (tertiary/aromatic N) is 5. The van der Waals surface area contributed by atoms with Crippen molar-refractivity contribution in [2.24, 2.45) is 0 Å². The molecular weight excluding hydrogens is 423 g/mol. The van der Waals surface area contributed by atoms with Crippen molar-refractivity contribution in [3.63, 3.8) is 0 Å². The predicted octanol–water partition coefficient (Wildman–Crippen LogP) is 3.06. The molecule has 2 aromatic heterocycles. The Morgan fingerprint density at radius 3 is 2.85 bits per heavy atom. The van der Waals surface area contributed by atoms with Gasteiger partial charge in [-0.15, -0.1) is 0 Å². The Labute approximate surface area is 190 Å². The van der Waals surface area contributed by atoms with Crippen LogP contribution in [0.2, 0.25) is 0 Å². The number of benzene rings is 1. The molecule has 3 aromatic rings. The first-order valence-electron chi connectivity index (χ1n) is 11.1. The summed E-state index contributed by atoms with van der Waals surface area (Å²) < 4.78 is 13.7. The fourth-order valence-electron chi connectivity index (χ4n) is 4.66. The minimum atomic E-state index is -0.333. The van der Waals surface area contributed by atoms with Crippen molar-refractivity contribution in [2.75, 3.05) is 18.0 Å². The molecule has 9 heteroatoms. The van der Waals surface area contributed by atoms with Crippen molar-refractivity contribution in [1.82, 2.24) is 25.1 Å². The van der Waals surface area contributed by atoms with Gasteiger partial charge in [-0.2, -0.15) is 5.10 Å². The van der Waals surface area contributed by atoms with Gasteiger partial charge in [0.15, 0.2) is 0 Å². The van der Waals surface area contributed by atoms with Crippen molar-refractivity contribution in [3.05, 3.63) is 70.2 Å². The largest absolute Gasteiger partial charge is 0.338 e. The summed E-state index contributed by atoms with van der Waals surface area (Å²) in [5.41, 5.74) is 3.83. The zero-order valence-corrected chi connectivity index (χ0v) is 18.6. The Morgan fingerprint density at radius 2 is 2.09 bits per heavy atom. The Kier molecular flexibility index (Phi) is 5.39. The van der Waals surface area contributed by atoms with E-state index in [0.717, 1.165) is 23.4 Å². The molecule has 1 fully saturated rings. The lowest BCUT2D eigenvalue weighted by molar-refractivity contribution is -0.119. The predicted molar refractivity (Wildman–Crippen MR) is 119 cm³/mol. The fraction of sp³-hybridized carbons (Fsp3) is 0.375. The molecule has 0 saturated carbocycles. The number of nitrogens with one attached hydrogen (secondary N) is 1. The van der Waals surface area contributed by atoms with Gasteiger partial charge < -0.3 is 4.90 Å². The maximum absolute atomic E-state index is 13.7. The second-order valence-corrected chi connectivity index (χ2v) is 8.72. The van der Waals surface area contributed by atoms with E-state index in [4.69, 9.17) is 9.97 Å². The standard InChI is InChI=1S/C24H25FN6O2/c1-14-19-6-7-21(32)31(12-16-4-3-5-18(25)10-16)23(19)28-22(27-14)17-8-9-30(13-17)24(33)20-11-26-29-15(20)2/h3-5,10-11,17H,6-9,12-13H2,1-2H3,(H,26,29). The van der Waals surface area contributed by atoms with Crippen LogP contribution in [0, 0.1) is 19.7 Å². The van der Waals surface area contributed by atoms with Gasteiger partial charge in [-0.3, -0.25) is 19.6 Å². The number of hydrogen-bond acceptors (Lipinski definition) is 5. The number of amides is 2. The highest BCUT2D eigenvalue weighted by molar-refractivity contribution is 5.96. The lowest BCUT2D eigenvalue weighted by atomic mass is 10.0. The second kappa shape index (κ2) is 8.38. The van der Waals surface area contributed by atoms with Crippen LogP contribution in [0.4, 0.5) is 10.2 Å². The number of anilines is 1. The van der Waals surface area contributed by atoms with Crippen LogP contribution in [0.25, 0.3) is 0 Å². The molecule has 0 aliphatic carbocycles. The molecule has 4 heterocycles. The van der Waals surface area contributed by atoms with Crippen LogP contribution in [-0.4, -0.2) is 50.0 Å². The number of hydrogen-bond donors (Lipinski definition) is 1. The van der Waals surface area contributed by atoms with E-state index in [2.05, 4.69) is 10.2 Å². The van der Waals surface area contributed by atoms with Gasteiger partial charge in [0.05, 0.1) is 18.3 Å². The molecule has 170 valence electrons. The third kappa shape index (κ3) is 3.99. The topological polar surface area (TPSA) is 95.1 Å². The Balaban J connectivity index is 1.42. The van der Waals surface area contributed by atoms with Gasteiger partial charge in [0.1, 0.15) is 17.5 Å². The lowest BCUT2D eigenvalue weighted by Crippen LogP contribution is -2.36. The van der Waals surface area contributed by atoms with E-state index in [-0.39, 0.29) is 30.1 Å². The number of rotatable bonds is 4. The summed E-state index contributed by atoms with van der Waals surface area (Å²) >= 11 is 0. The van der Waals surface area contributed by atoms with Gasteiger partial charge in [0.2, 0.25) is 5.91 Å². The number of halogens is 1. The van der Waals surface area contributed by atoms with E-state index >= 15 is 0 Å². The number of aromatic nitrogens is 4. The highest BCUT2D eigenvalue weighted by Gasteiger charge is 2.34. The minimum absolute atomic E-state index is 0.0156. The average Bonchev–Trinajstić information content (AvgIpc) is 3.45. The van der Waals surface area contributed by atoms with E-state index in [1.165, 1.54) is 12.1 Å². The molecule has 1 N–H and O–H groups in total. The summed E-state index contributed by atoms with van der Waals surface area (Å²) in [6, 6.07) is 6.27. The van der Waals surface area contributed by atoms with Crippen LogP contribution in [0.15, 0.2) is 30.5 Å². The first-order chi connectivity index (χ1) is 15.9. The number of fused-ring (bicyclic) bond motifs is 1. The van der Waals surface area contributed by atoms with Gasteiger partial charge in [-0.25, -0.2) is 14.4 Å². The molecule has 0 bridgehead atoms. The van der Waals surface area contributed by atoms with Crippen LogP contribution >= 0.6 is 0 Å². The molecule has 33 heavy (non-hydrogen) atoms. The van der Waals surface area contributed by atoms with Gasteiger partial charge in [0, 0.05) is 42.4 Å². The monoisotopic (exact) mass is 448 g/mol. The van der Waals surface area contributed by atoms with Crippen molar-refractivity contribution < 1.29 is 14.0 Å². The molecule has 5 rings (SSSR count). The van der Waals surface area contributed by atoms with Crippen molar-refractivity contribution in [3.8, 4) is 0 Å². The van der Waals surface area contributed by atoms with Crippen LogP contribution in [0.3, 0.4) is 0 Å². The number of carbonyl (C=O) groups excluding carboxylic acids is 2. The zero-order chi connectivity index (χ0) is 23.1. The number of likely N-dealkylation sites (tertiary alicyclic amines) is 1. The minimum Gasteiger partial charge on any atom is -0.338 e. The maximum Gasteiger partial charge on any atom is 0.257 e. The van der Waals surface area contributed by atoms with Crippen molar-refractivity contribution in [2.45, 2.75) is 45.6 Å². The summed E-state index contributed by atoms with van der Waals surface area (Å²) in [5.74, 6) is 0.812. The van der Waals surface area contributed by atoms with E-state index in [1.54, 1.807) is 28.1 Å². The molecule has 0 spiro atoms. The molecule has 2 amide bonds. The molecular formula is C24H25FN6O2. The van der Waals surface area contributed by atoms with E-state index in [9.17, 15) is 14.0 Å². The zero-order valence-electron chi connectivity index (χ0n) is 18.6.